The molecule has 1 atom stereocenters. The maximum Gasteiger partial charge on any atom is 0.211 e. The maximum atomic E-state index is 11.9. The van der Waals surface area contributed by atoms with Gasteiger partial charge in [-0.3, -0.25) is 4.68 Å². The highest BCUT2D eigenvalue weighted by Gasteiger charge is 2.37. The molecular formula is C12H20N4O3S. The number of hydrogen-bond acceptors (Lipinski definition) is 5. The first-order valence-electron chi connectivity index (χ1n) is 6.90. The molecule has 20 heavy (non-hydrogen) atoms. The molecule has 3 rings (SSSR count). The SMILES string of the molecule is Cn1nnc2c1CCN(S(C)(=O)=O)[C@@H]2COCC1CC1. The molecule has 0 saturated heterocycles. The predicted molar refractivity (Wildman–Crippen MR) is 72.5 cm³/mol. The van der Waals surface area contributed by atoms with Gasteiger partial charge < -0.3 is 4.74 Å². The smallest absolute Gasteiger partial charge is 0.211 e. The lowest BCUT2D eigenvalue weighted by molar-refractivity contribution is 0.0763. The lowest BCUT2D eigenvalue weighted by atomic mass is 10.1. The van der Waals surface area contributed by atoms with Crippen LogP contribution in [0.3, 0.4) is 0 Å². The third-order valence-corrected chi connectivity index (χ3v) is 5.25. The van der Waals surface area contributed by atoms with E-state index in [1.54, 1.807) is 4.68 Å². The molecule has 0 amide bonds. The quantitative estimate of drug-likeness (QED) is 0.771. The number of nitrogens with zero attached hydrogens (tertiary/aromatic N) is 4. The average Bonchev–Trinajstić information content (AvgIpc) is 3.12. The number of aryl methyl sites for hydroxylation is 1. The molecule has 0 radical (unpaired) electrons. The van der Waals surface area contributed by atoms with E-state index in [2.05, 4.69) is 10.3 Å². The number of hydrogen-bond donors (Lipinski definition) is 0. The summed E-state index contributed by atoms with van der Waals surface area (Å²) in [5, 5.41) is 8.15. The molecule has 1 fully saturated rings. The molecule has 0 unspecified atom stereocenters. The van der Waals surface area contributed by atoms with E-state index >= 15 is 0 Å². The van der Waals surface area contributed by atoms with Crippen LogP contribution in [0.5, 0.6) is 0 Å². The number of ether oxygens (including phenoxy) is 1. The van der Waals surface area contributed by atoms with Crippen molar-refractivity contribution in [2.45, 2.75) is 25.3 Å². The van der Waals surface area contributed by atoms with Crippen LogP contribution in [0.1, 0.15) is 30.3 Å². The van der Waals surface area contributed by atoms with E-state index in [9.17, 15) is 8.42 Å². The van der Waals surface area contributed by atoms with Gasteiger partial charge in [0.1, 0.15) is 5.69 Å². The second kappa shape index (κ2) is 5.09. The molecule has 2 aliphatic rings. The summed E-state index contributed by atoms with van der Waals surface area (Å²) in [7, 11) is -1.43. The Morgan fingerprint density at radius 3 is 2.75 bits per heavy atom. The molecule has 7 nitrogen and oxygen atoms in total. The van der Waals surface area contributed by atoms with Crippen molar-refractivity contribution < 1.29 is 13.2 Å². The van der Waals surface area contributed by atoms with E-state index in [1.165, 1.54) is 23.4 Å². The number of fused-ring (bicyclic) bond motifs is 1. The minimum atomic E-state index is -3.27. The van der Waals surface area contributed by atoms with Gasteiger partial charge in [0.15, 0.2) is 0 Å². The second-order valence-corrected chi connectivity index (χ2v) is 7.60. The first-order valence-corrected chi connectivity index (χ1v) is 8.74. The van der Waals surface area contributed by atoms with E-state index in [4.69, 9.17) is 4.74 Å². The first kappa shape index (κ1) is 14.0. The third kappa shape index (κ3) is 2.72. The van der Waals surface area contributed by atoms with E-state index in [-0.39, 0.29) is 6.04 Å². The summed E-state index contributed by atoms with van der Waals surface area (Å²) in [5.41, 5.74) is 1.74. The van der Waals surface area contributed by atoms with Crippen molar-refractivity contribution in [1.82, 2.24) is 19.3 Å². The number of rotatable bonds is 5. The largest absolute Gasteiger partial charge is 0.379 e. The van der Waals surface area contributed by atoms with E-state index in [0.717, 1.165) is 11.4 Å². The topological polar surface area (TPSA) is 77.3 Å². The van der Waals surface area contributed by atoms with Crippen molar-refractivity contribution in [3.8, 4) is 0 Å². The average molecular weight is 300 g/mol. The van der Waals surface area contributed by atoms with Gasteiger partial charge in [0.25, 0.3) is 0 Å². The van der Waals surface area contributed by atoms with Crippen LogP contribution in [0.25, 0.3) is 0 Å². The summed E-state index contributed by atoms with van der Waals surface area (Å²) in [6, 6.07) is -0.346. The van der Waals surface area contributed by atoms with Crippen molar-refractivity contribution in [3.63, 3.8) is 0 Å². The van der Waals surface area contributed by atoms with Crippen molar-refractivity contribution in [1.29, 1.82) is 0 Å². The van der Waals surface area contributed by atoms with E-state index < -0.39 is 10.0 Å². The van der Waals surface area contributed by atoms with Gasteiger partial charge in [-0.25, -0.2) is 8.42 Å². The Morgan fingerprint density at radius 1 is 1.35 bits per heavy atom. The Morgan fingerprint density at radius 2 is 2.10 bits per heavy atom. The highest BCUT2D eigenvalue weighted by Crippen LogP contribution is 2.32. The van der Waals surface area contributed by atoms with Crippen LogP contribution < -0.4 is 0 Å². The Balaban J connectivity index is 1.81. The van der Waals surface area contributed by atoms with Crippen LogP contribution in [0.2, 0.25) is 0 Å². The highest BCUT2D eigenvalue weighted by molar-refractivity contribution is 7.88. The molecule has 0 bridgehead atoms. The molecule has 8 heteroatoms. The van der Waals surface area contributed by atoms with Crippen LogP contribution >= 0.6 is 0 Å². The summed E-state index contributed by atoms with van der Waals surface area (Å²) in [6.45, 7) is 1.53. The van der Waals surface area contributed by atoms with Crippen molar-refractivity contribution in [2.24, 2.45) is 13.0 Å². The van der Waals surface area contributed by atoms with Crippen LogP contribution in [0.4, 0.5) is 0 Å². The highest BCUT2D eigenvalue weighted by atomic mass is 32.2. The molecule has 0 aromatic carbocycles. The van der Waals surface area contributed by atoms with Crippen LogP contribution in [-0.2, 0) is 28.2 Å². The minimum Gasteiger partial charge on any atom is -0.379 e. The van der Waals surface area contributed by atoms with Crippen LogP contribution in [-0.4, -0.2) is 53.7 Å². The molecule has 1 aromatic rings. The van der Waals surface area contributed by atoms with Gasteiger partial charge >= 0.3 is 0 Å². The zero-order chi connectivity index (χ0) is 14.3. The normalized spacial score (nSPS) is 23.8. The minimum absolute atomic E-state index is 0.346. The Hall–Kier alpha value is -0.990. The van der Waals surface area contributed by atoms with E-state index in [0.29, 0.717) is 32.1 Å². The van der Waals surface area contributed by atoms with Crippen LogP contribution in [0, 0.1) is 5.92 Å². The fraction of sp³-hybridized carbons (Fsp3) is 0.833. The fourth-order valence-electron chi connectivity index (χ4n) is 2.64. The van der Waals surface area contributed by atoms with Crippen molar-refractivity contribution in [3.05, 3.63) is 11.4 Å². The molecule has 112 valence electrons. The monoisotopic (exact) mass is 300 g/mol. The number of sulfonamides is 1. The molecule has 1 aliphatic carbocycles. The molecular weight excluding hydrogens is 280 g/mol. The zero-order valence-corrected chi connectivity index (χ0v) is 12.6. The van der Waals surface area contributed by atoms with Gasteiger partial charge in [0.2, 0.25) is 10.0 Å². The standard InChI is InChI=1S/C12H20N4O3S/c1-15-10-5-6-16(20(2,17)18)11(12(10)13-14-15)8-19-7-9-3-4-9/h9,11H,3-8H2,1-2H3/t11-/m1/s1. The zero-order valence-electron chi connectivity index (χ0n) is 11.8. The molecule has 0 spiro atoms. The molecule has 0 N–H and O–H groups in total. The fourth-order valence-corrected chi connectivity index (χ4v) is 3.69. The molecule has 1 saturated carbocycles. The van der Waals surface area contributed by atoms with Gasteiger partial charge in [-0.15, -0.1) is 5.10 Å². The predicted octanol–water partition coefficient (Wildman–Crippen LogP) is 0.100. The van der Waals surface area contributed by atoms with Gasteiger partial charge in [0, 0.05) is 26.6 Å². The summed E-state index contributed by atoms with van der Waals surface area (Å²) in [4.78, 5) is 0. The van der Waals surface area contributed by atoms with Gasteiger partial charge in [0.05, 0.1) is 24.6 Å². The second-order valence-electron chi connectivity index (χ2n) is 5.67. The van der Waals surface area contributed by atoms with Gasteiger partial charge in [-0.1, -0.05) is 5.21 Å². The van der Waals surface area contributed by atoms with E-state index in [1.807, 2.05) is 7.05 Å². The maximum absolute atomic E-state index is 11.9. The van der Waals surface area contributed by atoms with Gasteiger partial charge in [-0.05, 0) is 18.8 Å². The van der Waals surface area contributed by atoms with Crippen molar-refractivity contribution >= 4 is 10.0 Å². The lowest BCUT2D eigenvalue weighted by Crippen LogP contribution is -2.42. The summed E-state index contributed by atoms with van der Waals surface area (Å²) in [6.07, 6.45) is 4.32. The first-order chi connectivity index (χ1) is 9.47. The molecule has 1 aliphatic heterocycles. The molecule has 2 heterocycles. The third-order valence-electron chi connectivity index (χ3n) is 3.96. The lowest BCUT2D eigenvalue weighted by Gasteiger charge is -2.32. The Kier molecular flexibility index (Phi) is 3.55. The number of aromatic nitrogens is 3. The van der Waals surface area contributed by atoms with Gasteiger partial charge in [-0.2, -0.15) is 4.31 Å². The Labute approximate surface area is 118 Å². The van der Waals surface area contributed by atoms with Crippen LogP contribution in [0.15, 0.2) is 0 Å². The van der Waals surface area contributed by atoms with Crippen molar-refractivity contribution in [2.75, 3.05) is 26.0 Å². The summed E-state index contributed by atoms with van der Waals surface area (Å²) >= 11 is 0. The summed E-state index contributed by atoms with van der Waals surface area (Å²) in [5.74, 6) is 0.659. The summed E-state index contributed by atoms with van der Waals surface area (Å²) < 4.78 is 32.8. The Bertz CT molecular complexity index is 594. The molecule has 1 aromatic heterocycles.